The maximum absolute atomic E-state index is 8.67. The Morgan fingerprint density at radius 2 is 2.43 bits per heavy atom. The Balaban J connectivity index is 2.53. The lowest BCUT2D eigenvalue weighted by Crippen LogP contribution is -2.26. The van der Waals surface area contributed by atoms with Crippen molar-refractivity contribution in [1.82, 2.24) is 0 Å². The van der Waals surface area contributed by atoms with Crippen LogP contribution in [0.4, 0.5) is 0 Å². The summed E-state index contributed by atoms with van der Waals surface area (Å²) in [5.74, 6) is -0.293. The van der Waals surface area contributed by atoms with Gasteiger partial charge in [0.05, 0.1) is 18.8 Å². The topological polar surface area (TPSA) is 42.2 Å². The van der Waals surface area contributed by atoms with Crippen LogP contribution in [0.1, 0.15) is 26.7 Å². The molecule has 0 aromatic carbocycles. The van der Waals surface area contributed by atoms with Crippen LogP contribution in [-0.2, 0) is 9.47 Å². The first-order chi connectivity index (χ1) is 6.59. The molecule has 1 saturated heterocycles. The second kappa shape index (κ2) is 4.59. The Labute approximate surface area is 85.3 Å². The van der Waals surface area contributed by atoms with Gasteiger partial charge in [-0.05, 0) is 20.3 Å². The summed E-state index contributed by atoms with van der Waals surface area (Å²) in [6.45, 7) is 8.05. The Morgan fingerprint density at radius 3 is 2.86 bits per heavy atom. The van der Waals surface area contributed by atoms with E-state index in [9.17, 15) is 0 Å². The summed E-state index contributed by atoms with van der Waals surface area (Å²) in [4.78, 5) is 0. The first-order valence-corrected chi connectivity index (χ1v) is 4.88. The van der Waals surface area contributed by atoms with Crippen molar-refractivity contribution in [2.75, 3.05) is 6.61 Å². The van der Waals surface area contributed by atoms with Crippen LogP contribution in [0.25, 0.3) is 0 Å². The molecule has 1 aliphatic rings. The Hall–Kier alpha value is -0.850. The fraction of sp³-hybridized carbons (Fsp3) is 0.727. The minimum absolute atomic E-state index is 0.0302. The molecule has 0 spiro atoms. The zero-order valence-electron chi connectivity index (χ0n) is 8.82. The molecular formula is C11H17NO2. The fourth-order valence-corrected chi connectivity index (χ4v) is 1.65. The lowest BCUT2D eigenvalue weighted by molar-refractivity contribution is -0.144. The summed E-state index contributed by atoms with van der Waals surface area (Å²) in [7, 11) is 0. The quantitative estimate of drug-likeness (QED) is 0.646. The molecular weight excluding hydrogens is 178 g/mol. The normalized spacial score (nSPS) is 26.8. The van der Waals surface area contributed by atoms with Gasteiger partial charge in [-0.1, -0.05) is 6.08 Å². The third-order valence-corrected chi connectivity index (χ3v) is 2.38. The van der Waals surface area contributed by atoms with Crippen molar-refractivity contribution in [2.24, 2.45) is 5.92 Å². The molecule has 0 bridgehead atoms. The number of rotatable bonds is 4. The Bertz CT molecular complexity index is 242. The molecule has 1 heterocycles. The third kappa shape index (κ3) is 2.83. The monoisotopic (exact) mass is 195 g/mol. The highest BCUT2D eigenvalue weighted by Crippen LogP contribution is 2.29. The highest BCUT2D eigenvalue weighted by molar-refractivity contribution is 4.88. The van der Waals surface area contributed by atoms with Gasteiger partial charge in [-0.2, -0.15) is 5.26 Å². The molecule has 0 aromatic heterocycles. The summed E-state index contributed by atoms with van der Waals surface area (Å²) in [5, 5.41) is 8.67. The average molecular weight is 195 g/mol. The molecule has 0 saturated carbocycles. The molecule has 0 unspecified atom stereocenters. The molecule has 14 heavy (non-hydrogen) atoms. The van der Waals surface area contributed by atoms with Gasteiger partial charge in [-0.3, -0.25) is 0 Å². The van der Waals surface area contributed by atoms with E-state index < -0.39 is 5.79 Å². The molecule has 3 heteroatoms. The standard InChI is InChI=1S/C11H17NO2/c1-4-5-9(6-7-12)10-8-13-11(2,3)14-10/h4,9-10H,1,5-6,8H2,2-3H3/t9-,10+/m1/s1. The highest BCUT2D eigenvalue weighted by atomic mass is 16.7. The number of nitrogens with zero attached hydrogens (tertiary/aromatic N) is 1. The van der Waals surface area contributed by atoms with Gasteiger partial charge >= 0.3 is 0 Å². The van der Waals surface area contributed by atoms with E-state index in [2.05, 4.69) is 12.6 Å². The molecule has 1 fully saturated rings. The molecule has 0 aliphatic carbocycles. The van der Waals surface area contributed by atoms with Crippen LogP contribution in [0.3, 0.4) is 0 Å². The largest absolute Gasteiger partial charge is 0.348 e. The number of hydrogen-bond acceptors (Lipinski definition) is 3. The van der Waals surface area contributed by atoms with E-state index in [-0.39, 0.29) is 12.0 Å². The zero-order chi connectivity index (χ0) is 10.6. The molecule has 2 atom stereocenters. The van der Waals surface area contributed by atoms with Crippen LogP contribution in [-0.4, -0.2) is 18.5 Å². The van der Waals surface area contributed by atoms with Crippen molar-refractivity contribution in [2.45, 2.75) is 38.6 Å². The van der Waals surface area contributed by atoms with Crippen molar-refractivity contribution < 1.29 is 9.47 Å². The fourth-order valence-electron chi connectivity index (χ4n) is 1.65. The maximum Gasteiger partial charge on any atom is 0.163 e. The van der Waals surface area contributed by atoms with Crippen molar-refractivity contribution in [3.05, 3.63) is 12.7 Å². The van der Waals surface area contributed by atoms with Crippen molar-refractivity contribution >= 4 is 0 Å². The Morgan fingerprint density at radius 1 is 1.71 bits per heavy atom. The molecule has 0 N–H and O–H groups in total. The van der Waals surface area contributed by atoms with Crippen LogP contribution in [0.2, 0.25) is 0 Å². The second-order valence-corrected chi connectivity index (χ2v) is 4.01. The molecule has 1 rings (SSSR count). The highest BCUT2D eigenvalue weighted by Gasteiger charge is 2.36. The first kappa shape index (κ1) is 11.2. The molecule has 78 valence electrons. The Kier molecular flexibility index (Phi) is 3.68. The molecule has 0 aromatic rings. The minimum Gasteiger partial charge on any atom is -0.348 e. The van der Waals surface area contributed by atoms with Crippen molar-refractivity contribution in [3.8, 4) is 6.07 Å². The summed E-state index contributed by atoms with van der Waals surface area (Å²) in [6.07, 6.45) is 3.16. The van der Waals surface area contributed by atoms with E-state index in [1.165, 1.54) is 0 Å². The van der Waals surface area contributed by atoms with Gasteiger partial charge < -0.3 is 9.47 Å². The lowest BCUT2D eigenvalue weighted by Gasteiger charge is -2.21. The maximum atomic E-state index is 8.67. The van der Waals surface area contributed by atoms with Crippen LogP contribution >= 0.6 is 0 Å². The predicted octanol–water partition coefficient (Wildman–Crippen LogP) is 2.24. The number of nitriles is 1. The number of allylic oxidation sites excluding steroid dienone is 1. The molecule has 0 amide bonds. The van der Waals surface area contributed by atoms with Crippen molar-refractivity contribution in [1.29, 1.82) is 5.26 Å². The second-order valence-electron chi connectivity index (χ2n) is 4.01. The van der Waals surface area contributed by atoms with Gasteiger partial charge in [0.1, 0.15) is 0 Å². The summed E-state index contributed by atoms with van der Waals surface area (Å²) in [5.41, 5.74) is 0. The molecule has 1 aliphatic heterocycles. The first-order valence-electron chi connectivity index (χ1n) is 4.88. The van der Waals surface area contributed by atoms with Gasteiger partial charge in [0, 0.05) is 12.3 Å². The third-order valence-electron chi connectivity index (χ3n) is 2.38. The summed E-state index contributed by atoms with van der Waals surface area (Å²) >= 11 is 0. The summed E-state index contributed by atoms with van der Waals surface area (Å²) in [6, 6.07) is 2.17. The van der Waals surface area contributed by atoms with Crippen LogP contribution < -0.4 is 0 Å². The van der Waals surface area contributed by atoms with Gasteiger partial charge in [0.25, 0.3) is 0 Å². The molecule has 0 radical (unpaired) electrons. The zero-order valence-corrected chi connectivity index (χ0v) is 8.82. The van der Waals surface area contributed by atoms with E-state index in [4.69, 9.17) is 14.7 Å². The van der Waals surface area contributed by atoms with E-state index >= 15 is 0 Å². The smallest absolute Gasteiger partial charge is 0.163 e. The van der Waals surface area contributed by atoms with Crippen molar-refractivity contribution in [3.63, 3.8) is 0 Å². The predicted molar refractivity (Wildman–Crippen MR) is 53.4 cm³/mol. The summed E-state index contributed by atoms with van der Waals surface area (Å²) < 4.78 is 11.2. The number of hydrogen-bond donors (Lipinski definition) is 0. The average Bonchev–Trinajstić information content (AvgIpc) is 2.46. The van der Waals surface area contributed by atoms with Crippen LogP contribution in [0.5, 0.6) is 0 Å². The van der Waals surface area contributed by atoms with E-state index in [0.29, 0.717) is 13.0 Å². The SMILES string of the molecule is C=CC[C@H](CC#N)[C@@H]1COC(C)(C)O1. The lowest BCUT2D eigenvalue weighted by atomic mass is 9.96. The van der Waals surface area contributed by atoms with E-state index in [1.807, 2.05) is 19.9 Å². The van der Waals surface area contributed by atoms with Gasteiger partial charge in [0.2, 0.25) is 0 Å². The van der Waals surface area contributed by atoms with Gasteiger partial charge in [-0.15, -0.1) is 6.58 Å². The van der Waals surface area contributed by atoms with E-state index in [0.717, 1.165) is 6.42 Å². The van der Waals surface area contributed by atoms with Crippen LogP contribution in [0, 0.1) is 17.2 Å². The number of ether oxygens (including phenoxy) is 2. The minimum atomic E-state index is -0.500. The van der Waals surface area contributed by atoms with Gasteiger partial charge in [-0.25, -0.2) is 0 Å². The van der Waals surface area contributed by atoms with E-state index in [1.54, 1.807) is 0 Å². The van der Waals surface area contributed by atoms with Crippen LogP contribution in [0.15, 0.2) is 12.7 Å². The molecule has 3 nitrogen and oxygen atoms in total. The van der Waals surface area contributed by atoms with Gasteiger partial charge in [0.15, 0.2) is 5.79 Å².